The van der Waals surface area contributed by atoms with Crippen molar-refractivity contribution in [3.63, 3.8) is 0 Å². The van der Waals surface area contributed by atoms with E-state index in [0.29, 0.717) is 43.4 Å². The summed E-state index contributed by atoms with van der Waals surface area (Å²) in [4.78, 5) is 28.3. The van der Waals surface area contributed by atoms with E-state index in [1.54, 1.807) is 30.3 Å². The molecule has 1 aliphatic rings. The summed E-state index contributed by atoms with van der Waals surface area (Å²) in [6.07, 6.45) is 1.50. The number of nitrogens with one attached hydrogen (secondary N) is 2. The first-order valence-corrected chi connectivity index (χ1v) is 8.97. The Balaban J connectivity index is 1.33. The third-order valence-corrected chi connectivity index (χ3v) is 3.90. The van der Waals surface area contributed by atoms with Crippen LogP contribution >= 0.6 is 0 Å². The van der Waals surface area contributed by atoms with Crippen LogP contribution in [0.2, 0.25) is 0 Å². The van der Waals surface area contributed by atoms with Gasteiger partial charge in [0.2, 0.25) is 0 Å². The van der Waals surface area contributed by atoms with Gasteiger partial charge in [-0.2, -0.15) is 0 Å². The van der Waals surface area contributed by atoms with Crippen molar-refractivity contribution >= 4 is 23.7 Å². The SMILES string of the molecule is O=C(C=NOCC(=O)NCCc1ccc(F)cc1)Nc1ccc2c(c1)OCCO2. The number of benzene rings is 2. The number of rotatable bonds is 8. The predicted octanol–water partition coefficient (Wildman–Crippen LogP) is 1.90. The Hall–Kier alpha value is -3.62. The molecule has 0 saturated heterocycles. The van der Waals surface area contributed by atoms with Crippen molar-refractivity contribution < 1.29 is 28.3 Å². The molecule has 1 heterocycles. The predicted molar refractivity (Wildman–Crippen MR) is 104 cm³/mol. The normalized spacial score (nSPS) is 12.4. The minimum Gasteiger partial charge on any atom is -0.486 e. The number of halogens is 1. The number of hydrogen-bond acceptors (Lipinski definition) is 6. The molecule has 2 amide bonds. The molecule has 0 aromatic heterocycles. The van der Waals surface area contributed by atoms with Crippen LogP contribution in [-0.4, -0.2) is 44.4 Å². The highest BCUT2D eigenvalue weighted by molar-refractivity contribution is 6.31. The molecule has 0 bridgehead atoms. The molecule has 9 heteroatoms. The molecular formula is C20H20FN3O5. The number of ether oxygens (including phenoxy) is 2. The second kappa shape index (κ2) is 10.1. The van der Waals surface area contributed by atoms with Crippen LogP contribution < -0.4 is 20.1 Å². The molecule has 0 atom stereocenters. The zero-order valence-electron chi connectivity index (χ0n) is 15.5. The van der Waals surface area contributed by atoms with Crippen LogP contribution in [-0.2, 0) is 20.8 Å². The number of carbonyl (C=O) groups is 2. The molecule has 29 heavy (non-hydrogen) atoms. The highest BCUT2D eigenvalue weighted by Gasteiger charge is 2.12. The van der Waals surface area contributed by atoms with Crippen molar-refractivity contribution in [1.82, 2.24) is 5.32 Å². The third kappa shape index (κ3) is 6.49. The maximum Gasteiger partial charge on any atom is 0.270 e. The van der Waals surface area contributed by atoms with E-state index in [-0.39, 0.29) is 18.3 Å². The van der Waals surface area contributed by atoms with Crippen molar-refractivity contribution in [3.05, 3.63) is 53.8 Å². The molecule has 0 spiro atoms. The van der Waals surface area contributed by atoms with Crippen LogP contribution in [0.5, 0.6) is 11.5 Å². The zero-order valence-corrected chi connectivity index (χ0v) is 15.5. The number of oxime groups is 1. The number of fused-ring (bicyclic) bond motifs is 1. The van der Waals surface area contributed by atoms with Gasteiger partial charge in [-0.05, 0) is 36.2 Å². The van der Waals surface area contributed by atoms with E-state index in [1.165, 1.54) is 12.1 Å². The lowest BCUT2D eigenvalue weighted by Gasteiger charge is -2.18. The monoisotopic (exact) mass is 401 g/mol. The van der Waals surface area contributed by atoms with E-state index in [1.807, 2.05) is 0 Å². The van der Waals surface area contributed by atoms with E-state index in [0.717, 1.165) is 11.8 Å². The fourth-order valence-electron chi connectivity index (χ4n) is 2.53. The smallest absolute Gasteiger partial charge is 0.270 e. The van der Waals surface area contributed by atoms with Crippen molar-refractivity contribution in [2.24, 2.45) is 5.16 Å². The van der Waals surface area contributed by atoms with Gasteiger partial charge in [-0.3, -0.25) is 9.59 Å². The number of amides is 2. The van der Waals surface area contributed by atoms with Gasteiger partial charge in [-0.15, -0.1) is 0 Å². The van der Waals surface area contributed by atoms with Gasteiger partial charge in [0, 0.05) is 18.3 Å². The first kappa shape index (κ1) is 20.1. The van der Waals surface area contributed by atoms with Crippen LogP contribution in [0, 0.1) is 5.82 Å². The molecule has 2 aromatic rings. The summed E-state index contributed by atoms with van der Waals surface area (Å²) in [5.74, 6) is -0.0202. The second-order valence-corrected chi connectivity index (χ2v) is 6.08. The highest BCUT2D eigenvalue weighted by Crippen LogP contribution is 2.32. The largest absolute Gasteiger partial charge is 0.486 e. The van der Waals surface area contributed by atoms with Crippen LogP contribution in [0.1, 0.15) is 5.56 Å². The van der Waals surface area contributed by atoms with Crippen LogP contribution in [0.15, 0.2) is 47.6 Å². The summed E-state index contributed by atoms with van der Waals surface area (Å²) in [5.41, 5.74) is 1.42. The summed E-state index contributed by atoms with van der Waals surface area (Å²) in [6.45, 7) is 0.994. The molecule has 0 saturated carbocycles. The highest BCUT2D eigenvalue weighted by atomic mass is 19.1. The molecule has 1 aliphatic heterocycles. The lowest BCUT2D eigenvalue weighted by atomic mass is 10.1. The maximum atomic E-state index is 12.8. The molecule has 0 radical (unpaired) electrons. The summed E-state index contributed by atoms with van der Waals surface area (Å²) in [7, 11) is 0. The van der Waals surface area contributed by atoms with Gasteiger partial charge in [0.15, 0.2) is 18.1 Å². The maximum absolute atomic E-state index is 12.8. The molecule has 0 fully saturated rings. The van der Waals surface area contributed by atoms with Crippen molar-refractivity contribution in [3.8, 4) is 11.5 Å². The van der Waals surface area contributed by atoms with Crippen molar-refractivity contribution in [2.45, 2.75) is 6.42 Å². The minimum absolute atomic E-state index is 0.304. The first-order chi connectivity index (χ1) is 14.1. The van der Waals surface area contributed by atoms with Crippen molar-refractivity contribution in [1.29, 1.82) is 0 Å². The van der Waals surface area contributed by atoms with E-state index in [4.69, 9.17) is 14.3 Å². The first-order valence-electron chi connectivity index (χ1n) is 8.97. The number of carbonyl (C=O) groups excluding carboxylic acids is 2. The topological polar surface area (TPSA) is 98.2 Å². The Kier molecular flexibility index (Phi) is 6.99. The molecule has 3 rings (SSSR count). The number of hydrogen-bond donors (Lipinski definition) is 2. The number of anilines is 1. The van der Waals surface area contributed by atoms with Crippen LogP contribution in [0.3, 0.4) is 0 Å². The average molecular weight is 401 g/mol. The van der Waals surface area contributed by atoms with E-state index in [2.05, 4.69) is 15.8 Å². The fourth-order valence-corrected chi connectivity index (χ4v) is 2.53. The third-order valence-electron chi connectivity index (χ3n) is 3.90. The van der Waals surface area contributed by atoms with E-state index < -0.39 is 5.91 Å². The lowest BCUT2D eigenvalue weighted by Crippen LogP contribution is -2.29. The van der Waals surface area contributed by atoms with Gasteiger partial charge in [0.1, 0.15) is 25.2 Å². The molecule has 0 aliphatic carbocycles. The molecule has 0 unspecified atom stereocenters. The van der Waals surface area contributed by atoms with Gasteiger partial charge in [-0.25, -0.2) is 4.39 Å². The summed E-state index contributed by atoms with van der Waals surface area (Å²) in [5, 5.41) is 8.73. The second-order valence-electron chi connectivity index (χ2n) is 6.08. The molecule has 8 nitrogen and oxygen atoms in total. The Labute approximate surface area is 166 Å². The molecule has 2 aromatic carbocycles. The summed E-state index contributed by atoms with van der Waals surface area (Å²) >= 11 is 0. The van der Waals surface area contributed by atoms with Gasteiger partial charge in [0.05, 0.1) is 0 Å². The van der Waals surface area contributed by atoms with Crippen LogP contribution in [0.4, 0.5) is 10.1 Å². The quantitative estimate of drug-likeness (QED) is 0.520. The summed E-state index contributed by atoms with van der Waals surface area (Å²) in [6, 6.07) is 11.1. The Morgan fingerprint density at radius 3 is 2.66 bits per heavy atom. The Morgan fingerprint density at radius 1 is 1.10 bits per heavy atom. The van der Waals surface area contributed by atoms with Gasteiger partial charge >= 0.3 is 0 Å². The van der Waals surface area contributed by atoms with Crippen LogP contribution in [0.25, 0.3) is 0 Å². The number of nitrogens with zero attached hydrogens (tertiary/aromatic N) is 1. The Morgan fingerprint density at radius 2 is 1.86 bits per heavy atom. The molecule has 2 N–H and O–H groups in total. The van der Waals surface area contributed by atoms with Crippen molar-refractivity contribution in [2.75, 3.05) is 31.7 Å². The zero-order chi connectivity index (χ0) is 20.5. The summed E-state index contributed by atoms with van der Waals surface area (Å²) < 4.78 is 23.7. The minimum atomic E-state index is -0.515. The van der Waals surface area contributed by atoms with E-state index in [9.17, 15) is 14.0 Å². The lowest BCUT2D eigenvalue weighted by molar-refractivity contribution is -0.125. The fraction of sp³-hybridized carbons (Fsp3) is 0.250. The molecular weight excluding hydrogens is 381 g/mol. The van der Waals surface area contributed by atoms with Gasteiger partial charge < -0.3 is 24.9 Å². The van der Waals surface area contributed by atoms with Gasteiger partial charge in [0.25, 0.3) is 11.8 Å². The van der Waals surface area contributed by atoms with Gasteiger partial charge in [-0.1, -0.05) is 17.3 Å². The Bertz CT molecular complexity index is 886. The standard InChI is InChI=1S/C20H20FN3O5/c21-15-3-1-14(2-4-15)7-8-22-20(26)13-29-23-12-19(25)24-16-5-6-17-18(11-16)28-10-9-27-17/h1-6,11-12H,7-10,13H2,(H,22,26)(H,24,25). The van der Waals surface area contributed by atoms with E-state index >= 15 is 0 Å². The average Bonchev–Trinajstić information content (AvgIpc) is 2.72. The molecule has 152 valence electrons.